The molecule has 19 heavy (non-hydrogen) atoms. The standard InChI is InChI=1S/C11H18F3N3O2/c1-5-10(6-2,18-4)7-16-8(19-17-7)9(3,15)11(12,13)14/h5-6,15H2,1-4H3. The molecule has 1 atom stereocenters. The quantitative estimate of drug-likeness (QED) is 0.897. The number of hydrogen-bond donors (Lipinski definition) is 1. The highest BCUT2D eigenvalue weighted by Crippen LogP contribution is 2.37. The Morgan fingerprint density at radius 3 is 2.16 bits per heavy atom. The predicted molar refractivity (Wildman–Crippen MR) is 61.2 cm³/mol. The number of methoxy groups -OCH3 is 1. The van der Waals surface area contributed by atoms with E-state index < -0.39 is 23.2 Å². The monoisotopic (exact) mass is 281 g/mol. The molecule has 0 radical (unpaired) electrons. The topological polar surface area (TPSA) is 74.2 Å². The zero-order valence-corrected chi connectivity index (χ0v) is 11.3. The summed E-state index contributed by atoms with van der Waals surface area (Å²) in [5, 5.41) is 3.59. The first-order chi connectivity index (χ1) is 8.64. The van der Waals surface area contributed by atoms with E-state index in [-0.39, 0.29) is 5.82 Å². The van der Waals surface area contributed by atoms with Crippen molar-refractivity contribution < 1.29 is 22.4 Å². The molecule has 1 aromatic rings. The van der Waals surface area contributed by atoms with Crippen molar-refractivity contribution in [2.45, 2.75) is 50.9 Å². The average Bonchev–Trinajstić information content (AvgIpc) is 2.81. The summed E-state index contributed by atoms with van der Waals surface area (Å²) in [5.41, 5.74) is 1.69. The molecule has 1 heterocycles. The smallest absolute Gasteiger partial charge is 0.370 e. The van der Waals surface area contributed by atoms with Gasteiger partial charge in [-0.15, -0.1) is 0 Å². The van der Waals surface area contributed by atoms with Crippen LogP contribution in [0.2, 0.25) is 0 Å². The summed E-state index contributed by atoms with van der Waals surface area (Å²) in [4.78, 5) is 3.79. The first kappa shape index (κ1) is 15.9. The van der Waals surface area contributed by atoms with Crippen molar-refractivity contribution in [2.75, 3.05) is 7.11 Å². The molecule has 0 saturated carbocycles. The molecule has 8 heteroatoms. The summed E-state index contributed by atoms with van der Waals surface area (Å²) in [6, 6.07) is 0. The fourth-order valence-corrected chi connectivity index (χ4v) is 1.69. The summed E-state index contributed by atoms with van der Waals surface area (Å²) in [7, 11) is 1.45. The van der Waals surface area contributed by atoms with Gasteiger partial charge in [0, 0.05) is 7.11 Å². The Balaban J connectivity index is 3.20. The van der Waals surface area contributed by atoms with Gasteiger partial charge in [-0.3, -0.25) is 0 Å². The Morgan fingerprint density at radius 1 is 1.26 bits per heavy atom. The highest BCUT2D eigenvalue weighted by Gasteiger charge is 2.54. The lowest BCUT2D eigenvalue weighted by Crippen LogP contribution is -2.48. The number of alkyl halides is 3. The first-order valence-corrected chi connectivity index (χ1v) is 5.90. The Labute approximate surface area is 109 Å². The van der Waals surface area contributed by atoms with Gasteiger partial charge in [-0.2, -0.15) is 18.2 Å². The van der Waals surface area contributed by atoms with Crippen molar-refractivity contribution in [1.29, 1.82) is 0 Å². The summed E-state index contributed by atoms with van der Waals surface area (Å²) in [6.07, 6.45) is -3.66. The number of hydrogen-bond acceptors (Lipinski definition) is 5. The molecule has 110 valence electrons. The average molecular weight is 281 g/mol. The molecular weight excluding hydrogens is 263 g/mol. The molecule has 5 nitrogen and oxygen atoms in total. The molecule has 1 aromatic heterocycles. The largest absolute Gasteiger partial charge is 0.415 e. The Hall–Kier alpha value is -1.15. The molecule has 0 aliphatic carbocycles. The number of nitrogens with zero attached hydrogens (tertiary/aromatic N) is 2. The van der Waals surface area contributed by atoms with Crippen LogP contribution in [-0.2, 0) is 15.9 Å². The van der Waals surface area contributed by atoms with Gasteiger partial charge in [0.15, 0.2) is 5.54 Å². The molecule has 1 unspecified atom stereocenters. The van der Waals surface area contributed by atoms with E-state index in [0.717, 1.165) is 6.92 Å². The molecular formula is C11H18F3N3O2. The van der Waals surface area contributed by atoms with Crippen LogP contribution in [0, 0.1) is 0 Å². The van der Waals surface area contributed by atoms with Crippen LogP contribution in [0.5, 0.6) is 0 Å². The third-order valence-electron chi connectivity index (χ3n) is 3.40. The third kappa shape index (κ3) is 2.59. The van der Waals surface area contributed by atoms with Crippen molar-refractivity contribution in [3.05, 3.63) is 11.7 Å². The van der Waals surface area contributed by atoms with E-state index in [1.54, 1.807) is 0 Å². The zero-order chi connectivity index (χ0) is 14.9. The summed E-state index contributed by atoms with van der Waals surface area (Å²) in [5.74, 6) is -0.589. The molecule has 2 N–H and O–H groups in total. The fraction of sp³-hybridized carbons (Fsp3) is 0.818. The van der Waals surface area contributed by atoms with Gasteiger partial charge in [0.05, 0.1) is 0 Å². The lowest BCUT2D eigenvalue weighted by atomic mass is 9.96. The normalized spacial score (nSPS) is 16.4. The van der Waals surface area contributed by atoms with E-state index in [1.165, 1.54) is 7.11 Å². The zero-order valence-electron chi connectivity index (χ0n) is 11.3. The highest BCUT2D eigenvalue weighted by molar-refractivity contribution is 5.08. The van der Waals surface area contributed by atoms with E-state index in [0.29, 0.717) is 12.8 Å². The van der Waals surface area contributed by atoms with Crippen molar-refractivity contribution >= 4 is 0 Å². The molecule has 0 bridgehead atoms. The fourth-order valence-electron chi connectivity index (χ4n) is 1.69. The summed E-state index contributed by atoms with van der Waals surface area (Å²) >= 11 is 0. The van der Waals surface area contributed by atoms with Gasteiger partial charge in [0.1, 0.15) is 5.60 Å². The molecule has 0 spiro atoms. The molecule has 0 amide bonds. The maximum absolute atomic E-state index is 12.8. The van der Waals surface area contributed by atoms with Crippen LogP contribution < -0.4 is 5.73 Å². The lowest BCUT2D eigenvalue weighted by Gasteiger charge is -2.26. The Morgan fingerprint density at radius 2 is 1.79 bits per heavy atom. The van der Waals surface area contributed by atoms with Gasteiger partial charge in [-0.25, -0.2) is 0 Å². The Bertz CT molecular complexity index is 400. The number of halogens is 3. The van der Waals surface area contributed by atoms with E-state index in [1.807, 2.05) is 13.8 Å². The van der Waals surface area contributed by atoms with E-state index >= 15 is 0 Å². The molecule has 0 aromatic carbocycles. The van der Waals surface area contributed by atoms with Crippen LogP contribution in [0.25, 0.3) is 0 Å². The first-order valence-electron chi connectivity index (χ1n) is 5.90. The maximum Gasteiger partial charge on any atom is 0.415 e. The van der Waals surface area contributed by atoms with Crippen LogP contribution in [0.3, 0.4) is 0 Å². The molecule has 1 rings (SSSR count). The Kier molecular flexibility index (Phi) is 4.26. The van der Waals surface area contributed by atoms with Gasteiger partial charge in [0.25, 0.3) is 5.89 Å². The number of ether oxygens (including phenoxy) is 1. The molecule has 0 fully saturated rings. The van der Waals surface area contributed by atoms with Crippen molar-refractivity contribution in [3.8, 4) is 0 Å². The number of aromatic nitrogens is 2. The van der Waals surface area contributed by atoms with Crippen LogP contribution >= 0.6 is 0 Å². The predicted octanol–water partition coefficient (Wildman–Crippen LogP) is 2.47. The lowest BCUT2D eigenvalue weighted by molar-refractivity contribution is -0.190. The van der Waals surface area contributed by atoms with Crippen molar-refractivity contribution in [3.63, 3.8) is 0 Å². The third-order valence-corrected chi connectivity index (χ3v) is 3.40. The number of rotatable bonds is 5. The van der Waals surface area contributed by atoms with Crippen LogP contribution in [0.15, 0.2) is 4.52 Å². The second-order valence-corrected chi connectivity index (χ2v) is 4.53. The van der Waals surface area contributed by atoms with Gasteiger partial charge < -0.3 is 15.0 Å². The van der Waals surface area contributed by atoms with Crippen molar-refractivity contribution in [1.82, 2.24) is 10.1 Å². The summed E-state index contributed by atoms with van der Waals surface area (Å²) < 4.78 is 48.4. The van der Waals surface area contributed by atoms with E-state index in [4.69, 9.17) is 10.5 Å². The molecule has 0 saturated heterocycles. The second-order valence-electron chi connectivity index (χ2n) is 4.53. The minimum absolute atomic E-state index is 0.0796. The van der Waals surface area contributed by atoms with Crippen LogP contribution in [0.4, 0.5) is 13.2 Å². The SMILES string of the molecule is CCC(CC)(OC)c1noc(C(C)(N)C(F)(F)F)n1. The van der Waals surface area contributed by atoms with Gasteiger partial charge in [0.2, 0.25) is 5.82 Å². The summed E-state index contributed by atoms with van der Waals surface area (Å²) in [6.45, 7) is 4.44. The second kappa shape index (κ2) is 5.09. The van der Waals surface area contributed by atoms with Crippen LogP contribution in [0.1, 0.15) is 45.3 Å². The van der Waals surface area contributed by atoms with E-state index in [9.17, 15) is 13.2 Å². The highest BCUT2D eigenvalue weighted by atomic mass is 19.4. The van der Waals surface area contributed by atoms with E-state index in [2.05, 4.69) is 14.7 Å². The van der Waals surface area contributed by atoms with Gasteiger partial charge >= 0.3 is 6.18 Å². The van der Waals surface area contributed by atoms with Crippen LogP contribution in [-0.4, -0.2) is 23.4 Å². The minimum Gasteiger partial charge on any atom is -0.370 e. The maximum atomic E-state index is 12.8. The van der Waals surface area contributed by atoms with Gasteiger partial charge in [-0.05, 0) is 19.8 Å². The molecule has 0 aliphatic rings. The minimum atomic E-state index is -4.68. The number of nitrogens with two attached hydrogens (primary N) is 1. The van der Waals surface area contributed by atoms with Crippen molar-refractivity contribution in [2.24, 2.45) is 5.73 Å². The van der Waals surface area contributed by atoms with Gasteiger partial charge in [-0.1, -0.05) is 19.0 Å². The molecule has 0 aliphatic heterocycles.